The van der Waals surface area contributed by atoms with E-state index in [4.69, 9.17) is 5.26 Å². The Hall–Kier alpha value is -2.64. The highest BCUT2D eigenvalue weighted by Gasteiger charge is 2.12. The molecule has 0 heterocycles. The van der Waals surface area contributed by atoms with Gasteiger partial charge in [0.25, 0.3) is 5.91 Å². The fourth-order valence-electron chi connectivity index (χ4n) is 2.17. The van der Waals surface area contributed by atoms with Gasteiger partial charge in [-0.3, -0.25) is 9.69 Å². The molecule has 1 atom stereocenters. The van der Waals surface area contributed by atoms with Crippen molar-refractivity contribution in [1.82, 2.24) is 4.90 Å². The average Bonchev–Trinajstić information content (AvgIpc) is 2.55. The van der Waals surface area contributed by atoms with Gasteiger partial charge in [0.2, 0.25) is 0 Å². The van der Waals surface area contributed by atoms with E-state index in [9.17, 15) is 4.79 Å². The van der Waals surface area contributed by atoms with Gasteiger partial charge in [-0.25, -0.2) is 0 Å². The van der Waals surface area contributed by atoms with Gasteiger partial charge in [0.15, 0.2) is 0 Å². The predicted octanol–water partition coefficient (Wildman–Crippen LogP) is 3.46. The summed E-state index contributed by atoms with van der Waals surface area (Å²) in [5.41, 5.74) is 2.44. The molecule has 0 aromatic heterocycles. The van der Waals surface area contributed by atoms with E-state index in [1.165, 1.54) is 0 Å². The zero-order valence-electron chi connectivity index (χ0n) is 12.8. The highest BCUT2D eigenvalue weighted by Crippen LogP contribution is 2.22. The zero-order chi connectivity index (χ0) is 15.9. The van der Waals surface area contributed by atoms with Gasteiger partial charge in [-0.05, 0) is 43.8 Å². The topological polar surface area (TPSA) is 56.1 Å². The van der Waals surface area contributed by atoms with Crippen molar-refractivity contribution in [1.29, 1.82) is 5.26 Å². The lowest BCUT2D eigenvalue weighted by atomic mass is 10.1. The van der Waals surface area contributed by atoms with Gasteiger partial charge in [-0.1, -0.05) is 30.3 Å². The second-order valence-corrected chi connectivity index (χ2v) is 5.19. The van der Waals surface area contributed by atoms with E-state index in [2.05, 4.69) is 11.4 Å². The van der Waals surface area contributed by atoms with Crippen LogP contribution in [-0.2, 0) is 0 Å². The SMILES string of the molecule is C[C@H](c1cccc(NC(=O)c2ccccc2)c1)N(C)CC#N. The summed E-state index contributed by atoms with van der Waals surface area (Å²) in [6.45, 7) is 2.40. The van der Waals surface area contributed by atoms with Gasteiger partial charge in [-0.2, -0.15) is 5.26 Å². The zero-order valence-corrected chi connectivity index (χ0v) is 12.8. The third kappa shape index (κ3) is 3.94. The van der Waals surface area contributed by atoms with Crippen molar-refractivity contribution in [2.45, 2.75) is 13.0 Å². The number of nitrogens with zero attached hydrogens (tertiary/aromatic N) is 2. The number of anilines is 1. The molecule has 1 N–H and O–H groups in total. The number of amides is 1. The van der Waals surface area contributed by atoms with Crippen LogP contribution in [0, 0.1) is 11.3 Å². The number of nitrogens with one attached hydrogen (secondary N) is 1. The van der Waals surface area contributed by atoms with Crippen LogP contribution in [0.4, 0.5) is 5.69 Å². The van der Waals surface area contributed by atoms with E-state index >= 15 is 0 Å². The van der Waals surface area contributed by atoms with Crippen molar-refractivity contribution in [2.24, 2.45) is 0 Å². The third-order valence-electron chi connectivity index (χ3n) is 3.64. The molecule has 0 aliphatic carbocycles. The number of carbonyl (C=O) groups excluding carboxylic acids is 1. The molecule has 22 heavy (non-hydrogen) atoms. The standard InChI is InChI=1S/C18H19N3O/c1-14(21(2)12-11-19)16-9-6-10-17(13-16)20-18(22)15-7-4-3-5-8-15/h3-10,13-14H,12H2,1-2H3,(H,20,22)/t14-/m1/s1. The lowest BCUT2D eigenvalue weighted by Gasteiger charge is -2.22. The number of hydrogen-bond acceptors (Lipinski definition) is 3. The summed E-state index contributed by atoms with van der Waals surface area (Å²) in [4.78, 5) is 14.1. The second-order valence-electron chi connectivity index (χ2n) is 5.19. The molecule has 1 amide bonds. The molecule has 2 rings (SSSR count). The van der Waals surface area contributed by atoms with Crippen molar-refractivity contribution in [3.63, 3.8) is 0 Å². The quantitative estimate of drug-likeness (QED) is 0.859. The average molecular weight is 293 g/mol. The van der Waals surface area contributed by atoms with Gasteiger partial charge in [0.05, 0.1) is 12.6 Å². The number of benzene rings is 2. The minimum absolute atomic E-state index is 0.105. The molecule has 0 unspecified atom stereocenters. The molecule has 0 saturated carbocycles. The van der Waals surface area contributed by atoms with Crippen molar-refractivity contribution < 1.29 is 4.79 Å². The first-order valence-electron chi connectivity index (χ1n) is 7.15. The molecule has 0 radical (unpaired) electrons. The first-order valence-corrected chi connectivity index (χ1v) is 7.15. The van der Waals surface area contributed by atoms with E-state index in [1.807, 2.05) is 61.3 Å². The lowest BCUT2D eigenvalue weighted by molar-refractivity contribution is 0.102. The molecule has 0 aliphatic heterocycles. The first kappa shape index (κ1) is 15.7. The van der Waals surface area contributed by atoms with Gasteiger partial charge >= 0.3 is 0 Å². The highest BCUT2D eigenvalue weighted by molar-refractivity contribution is 6.04. The number of nitriles is 1. The van der Waals surface area contributed by atoms with Crippen LogP contribution in [0.5, 0.6) is 0 Å². The van der Waals surface area contributed by atoms with Crippen molar-refractivity contribution in [3.05, 3.63) is 65.7 Å². The molecular weight excluding hydrogens is 274 g/mol. The monoisotopic (exact) mass is 293 g/mol. The minimum atomic E-state index is -0.129. The molecule has 0 bridgehead atoms. The second kappa shape index (κ2) is 7.39. The maximum atomic E-state index is 12.2. The van der Waals surface area contributed by atoms with Crippen LogP contribution in [-0.4, -0.2) is 24.4 Å². The van der Waals surface area contributed by atoms with E-state index in [1.54, 1.807) is 12.1 Å². The summed E-state index contributed by atoms with van der Waals surface area (Å²) in [5.74, 6) is -0.129. The summed E-state index contributed by atoms with van der Waals surface area (Å²) >= 11 is 0. The van der Waals surface area contributed by atoms with Crippen LogP contribution in [0.1, 0.15) is 28.9 Å². The molecule has 2 aromatic carbocycles. The van der Waals surface area contributed by atoms with E-state index in [-0.39, 0.29) is 11.9 Å². The maximum absolute atomic E-state index is 12.2. The summed E-state index contributed by atoms with van der Waals surface area (Å²) < 4.78 is 0. The van der Waals surface area contributed by atoms with Crippen LogP contribution < -0.4 is 5.32 Å². The Morgan fingerprint density at radius 1 is 1.23 bits per heavy atom. The summed E-state index contributed by atoms with van der Waals surface area (Å²) in [7, 11) is 1.91. The summed E-state index contributed by atoms with van der Waals surface area (Å²) in [6.07, 6.45) is 0. The fraction of sp³-hybridized carbons (Fsp3) is 0.222. The molecule has 4 heteroatoms. The van der Waals surface area contributed by atoms with Gasteiger partial charge in [-0.15, -0.1) is 0 Å². The van der Waals surface area contributed by atoms with Crippen LogP contribution in [0.3, 0.4) is 0 Å². The normalized spacial score (nSPS) is 11.7. The Labute approximate surface area is 131 Å². The molecule has 0 saturated heterocycles. The number of rotatable bonds is 5. The molecule has 0 fully saturated rings. The molecule has 4 nitrogen and oxygen atoms in total. The smallest absolute Gasteiger partial charge is 0.255 e. The van der Waals surface area contributed by atoms with Crippen molar-refractivity contribution in [2.75, 3.05) is 18.9 Å². The van der Waals surface area contributed by atoms with Crippen LogP contribution in [0.15, 0.2) is 54.6 Å². The Bertz CT molecular complexity index is 676. The largest absolute Gasteiger partial charge is 0.322 e. The Balaban J connectivity index is 2.12. The van der Waals surface area contributed by atoms with Gasteiger partial charge < -0.3 is 5.32 Å². The molecule has 0 spiro atoms. The van der Waals surface area contributed by atoms with Crippen LogP contribution in [0.25, 0.3) is 0 Å². The summed E-state index contributed by atoms with van der Waals surface area (Å²) in [6, 6.07) is 19.1. The molecule has 2 aromatic rings. The highest BCUT2D eigenvalue weighted by atomic mass is 16.1. The van der Waals surface area contributed by atoms with Crippen molar-refractivity contribution >= 4 is 11.6 Å². The van der Waals surface area contributed by atoms with E-state index in [0.717, 1.165) is 11.3 Å². The lowest BCUT2D eigenvalue weighted by Crippen LogP contribution is -2.22. The Morgan fingerprint density at radius 2 is 1.95 bits per heavy atom. The summed E-state index contributed by atoms with van der Waals surface area (Å²) in [5, 5.41) is 11.7. The van der Waals surface area contributed by atoms with Gasteiger partial charge in [0.1, 0.15) is 0 Å². The minimum Gasteiger partial charge on any atom is -0.322 e. The Kier molecular flexibility index (Phi) is 5.29. The maximum Gasteiger partial charge on any atom is 0.255 e. The molecular formula is C18H19N3O. The fourth-order valence-corrected chi connectivity index (χ4v) is 2.17. The van der Waals surface area contributed by atoms with Crippen molar-refractivity contribution in [3.8, 4) is 6.07 Å². The van der Waals surface area contributed by atoms with E-state index in [0.29, 0.717) is 12.1 Å². The predicted molar refractivity (Wildman–Crippen MR) is 87.5 cm³/mol. The molecule has 112 valence electrons. The third-order valence-corrected chi connectivity index (χ3v) is 3.64. The van der Waals surface area contributed by atoms with Crippen LogP contribution in [0.2, 0.25) is 0 Å². The van der Waals surface area contributed by atoms with E-state index < -0.39 is 0 Å². The first-order chi connectivity index (χ1) is 10.6. The molecule has 0 aliphatic rings. The number of carbonyl (C=O) groups is 1. The van der Waals surface area contributed by atoms with Crippen LogP contribution >= 0.6 is 0 Å². The number of hydrogen-bond donors (Lipinski definition) is 1. The Morgan fingerprint density at radius 3 is 2.64 bits per heavy atom. The van der Waals surface area contributed by atoms with Gasteiger partial charge in [0, 0.05) is 17.3 Å².